The summed E-state index contributed by atoms with van der Waals surface area (Å²) < 4.78 is 5.44. The summed E-state index contributed by atoms with van der Waals surface area (Å²) in [5, 5.41) is 5.78. The van der Waals surface area contributed by atoms with Crippen LogP contribution >= 0.6 is 0 Å². The van der Waals surface area contributed by atoms with E-state index in [0.717, 1.165) is 11.1 Å². The third-order valence-electron chi connectivity index (χ3n) is 5.70. The Bertz CT molecular complexity index is 1040. The predicted molar refractivity (Wildman–Crippen MR) is 147 cm³/mol. The number of hydrogen-bond acceptors (Lipinski definition) is 4. The lowest BCUT2D eigenvalue weighted by Gasteiger charge is -2.37. The Labute approximate surface area is 222 Å². The molecule has 37 heavy (non-hydrogen) atoms. The Balaban J connectivity index is 2.44. The highest BCUT2D eigenvalue weighted by Crippen LogP contribution is 2.27. The molecule has 0 bridgehead atoms. The fraction of sp³-hybridized carbons (Fsp3) is 0.500. The molecular weight excluding hydrogens is 466 g/mol. The van der Waals surface area contributed by atoms with Gasteiger partial charge in [0.2, 0.25) is 11.8 Å². The Morgan fingerprint density at radius 2 is 1.59 bits per heavy atom. The first kappa shape index (κ1) is 29.9. The highest BCUT2D eigenvalue weighted by Gasteiger charge is 2.38. The molecule has 2 atom stereocenters. The molecule has 0 aliphatic rings. The molecule has 0 aliphatic heterocycles. The van der Waals surface area contributed by atoms with Crippen molar-refractivity contribution in [3.63, 3.8) is 0 Å². The van der Waals surface area contributed by atoms with E-state index in [0.29, 0.717) is 18.5 Å². The van der Waals surface area contributed by atoms with Gasteiger partial charge < -0.3 is 20.3 Å². The Hall–Kier alpha value is -3.35. The highest BCUT2D eigenvalue weighted by molar-refractivity contribution is 5.92. The van der Waals surface area contributed by atoms with Crippen LogP contribution in [0.1, 0.15) is 77.6 Å². The molecule has 0 fully saturated rings. The minimum Gasteiger partial charge on any atom is -0.444 e. The summed E-state index contributed by atoms with van der Waals surface area (Å²) in [7, 11) is 0. The van der Waals surface area contributed by atoms with Crippen LogP contribution in [0.5, 0.6) is 0 Å². The predicted octanol–water partition coefficient (Wildman–Crippen LogP) is 5.53. The zero-order valence-corrected chi connectivity index (χ0v) is 23.5. The van der Waals surface area contributed by atoms with E-state index in [2.05, 4.69) is 10.6 Å². The van der Waals surface area contributed by atoms with Crippen LogP contribution in [0.2, 0.25) is 0 Å². The summed E-state index contributed by atoms with van der Waals surface area (Å²) >= 11 is 0. The maximum absolute atomic E-state index is 14.1. The molecule has 202 valence electrons. The van der Waals surface area contributed by atoms with Crippen LogP contribution < -0.4 is 10.6 Å². The van der Waals surface area contributed by atoms with Crippen LogP contribution in [0, 0.1) is 12.8 Å². The highest BCUT2D eigenvalue weighted by atomic mass is 16.6. The maximum Gasteiger partial charge on any atom is 0.408 e. The van der Waals surface area contributed by atoms with Gasteiger partial charge in [0.15, 0.2) is 0 Å². The lowest BCUT2D eigenvalue weighted by atomic mass is 9.97. The molecule has 0 aliphatic carbocycles. The van der Waals surface area contributed by atoms with Crippen LogP contribution in [0.25, 0.3) is 0 Å². The molecule has 0 saturated heterocycles. The second-order valence-corrected chi connectivity index (χ2v) is 11.2. The third kappa shape index (κ3) is 9.56. The van der Waals surface area contributed by atoms with Crippen molar-refractivity contribution < 1.29 is 19.1 Å². The molecule has 0 aromatic heterocycles. The van der Waals surface area contributed by atoms with Gasteiger partial charge in [-0.1, -0.05) is 74.0 Å². The topological polar surface area (TPSA) is 87.7 Å². The molecule has 7 nitrogen and oxygen atoms in total. The van der Waals surface area contributed by atoms with Crippen LogP contribution in [-0.2, 0) is 20.9 Å². The molecule has 0 saturated carbocycles. The standard InChI is InChI=1S/C30H43N3O4/c1-20(2)17-25(32-29(36)37-30(6,7)8)28(35)33(21(3)4)26(24-16-12-13-22(5)18-24)27(34)31-19-23-14-10-9-11-15-23/h9-16,18,20-21,25-26H,17,19H2,1-8H3,(H,31,34)(H,32,36). The molecule has 7 heteroatoms. The molecule has 0 heterocycles. The normalized spacial score (nSPS) is 13.1. The molecule has 3 amide bonds. The summed E-state index contributed by atoms with van der Waals surface area (Å²) in [5.41, 5.74) is 1.97. The van der Waals surface area contributed by atoms with E-state index in [1.54, 1.807) is 25.7 Å². The Morgan fingerprint density at radius 3 is 2.14 bits per heavy atom. The van der Waals surface area contributed by atoms with Gasteiger partial charge in [0, 0.05) is 12.6 Å². The summed E-state index contributed by atoms with van der Waals surface area (Å²) in [4.78, 5) is 42.0. The van der Waals surface area contributed by atoms with E-state index in [9.17, 15) is 14.4 Å². The first-order valence-electron chi connectivity index (χ1n) is 13.0. The first-order chi connectivity index (χ1) is 17.3. The van der Waals surface area contributed by atoms with Crippen molar-refractivity contribution in [3.05, 3.63) is 71.3 Å². The molecule has 2 aromatic carbocycles. The van der Waals surface area contributed by atoms with Gasteiger partial charge in [-0.25, -0.2) is 4.79 Å². The summed E-state index contributed by atoms with van der Waals surface area (Å²) in [5.74, 6) is -0.477. The number of carbonyl (C=O) groups is 3. The number of nitrogens with zero attached hydrogens (tertiary/aromatic N) is 1. The summed E-state index contributed by atoms with van der Waals surface area (Å²) in [6.07, 6.45) is -0.246. The largest absolute Gasteiger partial charge is 0.444 e. The molecular formula is C30H43N3O4. The van der Waals surface area contributed by atoms with E-state index in [4.69, 9.17) is 4.74 Å². The number of nitrogens with one attached hydrogen (secondary N) is 2. The molecule has 0 spiro atoms. The van der Waals surface area contributed by atoms with Gasteiger partial charge in [0.05, 0.1) is 0 Å². The number of benzene rings is 2. The zero-order valence-electron chi connectivity index (χ0n) is 23.5. The molecule has 2 N–H and O–H groups in total. The van der Waals surface area contributed by atoms with Crippen molar-refractivity contribution in [2.75, 3.05) is 0 Å². The van der Waals surface area contributed by atoms with E-state index in [-0.39, 0.29) is 23.8 Å². The maximum atomic E-state index is 14.1. The zero-order chi connectivity index (χ0) is 27.8. The minimum atomic E-state index is -0.869. The van der Waals surface area contributed by atoms with Gasteiger partial charge in [-0.15, -0.1) is 0 Å². The van der Waals surface area contributed by atoms with Crippen LogP contribution in [0.4, 0.5) is 4.79 Å². The van der Waals surface area contributed by atoms with Crippen molar-refractivity contribution >= 4 is 17.9 Å². The van der Waals surface area contributed by atoms with Crippen LogP contribution in [-0.4, -0.2) is 40.5 Å². The third-order valence-corrected chi connectivity index (χ3v) is 5.70. The molecule has 2 unspecified atom stereocenters. The van der Waals surface area contributed by atoms with E-state index < -0.39 is 23.8 Å². The molecule has 2 rings (SSSR count). The fourth-order valence-corrected chi connectivity index (χ4v) is 4.16. The number of carbonyl (C=O) groups excluding carboxylic acids is 3. The number of hydrogen-bond donors (Lipinski definition) is 2. The molecule has 2 aromatic rings. The van der Waals surface area contributed by atoms with Crippen molar-refractivity contribution in [1.82, 2.24) is 15.5 Å². The monoisotopic (exact) mass is 509 g/mol. The van der Waals surface area contributed by atoms with Gasteiger partial charge >= 0.3 is 6.09 Å². The quantitative estimate of drug-likeness (QED) is 0.441. The second kappa shape index (κ2) is 13.3. The van der Waals surface area contributed by atoms with Gasteiger partial charge in [-0.3, -0.25) is 9.59 Å². The van der Waals surface area contributed by atoms with Gasteiger partial charge in [-0.2, -0.15) is 0 Å². The van der Waals surface area contributed by atoms with Gasteiger partial charge in [0.25, 0.3) is 0 Å². The number of alkyl carbamates (subject to hydrolysis) is 1. The first-order valence-corrected chi connectivity index (χ1v) is 13.0. The Morgan fingerprint density at radius 1 is 0.946 bits per heavy atom. The summed E-state index contributed by atoms with van der Waals surface area (Å²) in [6, 6.07) is 15.2. The lowest BCUT2D eigenvalue weighted by molar-refractivity contribution is -0.145. The fourth-order valence-electron chi connectivity index (χ4n) is 4.16. The van der Waals surface area contributed by atoms with E-state index in [1.807, 2.05) is 89.2 Å². The number of ether oxygens (including phenoxy) is 1. The smallest absolute Gasteiger partial charge is 0.408 e. The van der Waals surface area contributed by atoms with Crippen molar-refractivity contribution in [1.29, 1.82) is 0 Å². The SMILES string of the molecule is Cc1cccc(C(C(=O)NCc2ccccc2)N(C(=O)C(CC(C)C)NC(=O)OC(C)(C)C)C(C)C)c1. The van der Waals surface area contributed by atoms with Crippen molar-refractivity contribution in [2.45, 2.75) is 92.1 Å². The number of amides is 3. The second-order valence-electron chi connectivity index (χ2n) is 11.2. The number of rotatable bonds is 10. The van der Waals surface area contributed by atoms with E-state index in [1.165, 1.54) is 0 Å². The van der Waals surface area contributed by atoms with Crippen molar-refractivity contribution in [3.8, 4) is 0 Å². The van der Waals surface area contributed by atoms with Crippen molar-refractivity contribution in [2.24, 2.45) is 5.92 Å². The average molecular weight is 510 g/mol. The van der Waals surface area contributed by atoms with Gasteiger partial charge in [-0.05, 0) is 65.0 Å². The van der Waals surface area contributed by atoms with Crippen LogP contribution in [0.3, 0.4) is 0 Å². The van der Waals surface area contributed by atoms with Crippen LogP contribution in [0.15, 0.2) is 54.6 Å². The summed E-state index contributed by atoms with van der Waals surface area (Å²) in [6.45, 7) is 15.4. The lowest BCUT2D eigenvalue weighted by Crippen LogP contribution is -2.55. The minimum absolute atomic E-state index is 0.127. The van der Waals surface area contributed by atoms with Gasteiger partial charge in [0.1, 0.15) is 17.7 Å². The average Bonchev–Trinajstić information content (AvgIpc) is 2.79. The van der Waals surface area contributed by atoms with E-state index >= 15 is 0 Å². The molecule has 0 radical (unpaired) electrons. The Kier molecular flexibility index (Phi) is 10.7. The number of aryl methyl sites for hydroxylation is 1.